The van der Waals surface area contributed by atoms with Gasteiger partial charge in [0.2, 0.25) is 0 Å². The summed E-state index contributed by atoms with van der Waals surface area (Å²) >= 11 is 0. The normalized spacial score (nSPS) is 10.9. The van der Waals surface area contributed by atoms with Crippen molar-refractivity contribution in [2.75, 3.05) is 0 Å². The highest BCUT2D eigenvalue weighted by Crippen LogP contribution is 2.18. The fourth-order valence-electron chi connectivity index (χ4n) is 1.57. The molecule has 0 aliphatic carbocycles. The van der Waals surface area contributed by atoms with Crippen LogP contribution >= 0.6 is 0 Å². The maximum absolute atomic E-state index is 11.1. The maximum Gasteiger partial charge on any atom is 0.288 e. The Hall–Kier alpha value is -2.30. The van der Waals surface area contributed by atoms with Crippen LogP contribution in [0.2, 0.25) is 0 Å². The van der Waals surface area contributed by atoms with E-state index < -0.39 is 0 Å². The van der Waals surface area contributed by atoms with Crippen molar-refractivity contribution in [2.45, 2.75) is 0 Å². The lowest BCUT2D eigenvalue weighted by atomic mass is 10.2. The molecule has 15 heavy (non-hydrogen) atoms. The Morgan fingerprint density at radius 3 is 3.07 bits per heavy atom. The fraction of sp³-hybridized carbons (Fsp3) is 0. The Labute approximate surface area is 83.8 Å². The molecular weight excluding hydrogens is 192 g/mol. The summed E-state index contributed by atoms with van der Waals surface area (Å²) in [5.74, 6) is 0. The first kappa shape index (κ1) is 8.05. The average Bonchev–Trinajstić information content (AvgIpc) is 2.29. The van der Waals surface area contributed by atoms with Crippen molar-refractivity contribution in [3.05, 3.63) is 40.9 Å². The summed E-state index contributed by atoms with van der Waals surface area (Å²) in [7, 11) is 0. The van der Waals surface area contributed by atoms with Gasteiger partial charge in [-0.05, 0) is 18.2 Å². The highest BCUT2D eigenvalue weighted by atomic mass is 16.1. The minimum Gasteiger partial charge on any atom is -0.278 e. The molecule has 0 fully saturated rings. The molecule has 0 spiro atoms. The zero-order chi connectivity index (χ0) is 10.3. The van der Waals surface area contributed by atoms with Gasteiger partial charge < -0.3 is 0 Å². The monoisotopic (exact) mass is 198 g/mol. The first-order valence-electron chi connectivity index (χ1n) is 4.44. The number of hydrogen-bond donors (Lipinski definition) is 1. The van der Waals surface area contributed by atoms with Crippen LogP contribution in [-0.4, -0.2) is 20.2 Å². The standard InChI is InChI=1S/C10H6N4O/c15-9-5-11-8-2-1-7-6(10(8)13-9)3-4-12-14-7/h1-5,14H. The molecule has 3 rings (SSSR count). The molecule has 0 radical (unpaired) electrons. The van der Waals surface area contributed by atoms with Crippen molar-refractivity contribution in [1.29, 1.82) is 0 Å². The highest BCUT2D eigenvalue weighted by molar-refractivity contribution is 6.01. The lowest BCUT2D eigenvalue weighted by Gasteiger charge is -1.99. The Morgan fingerprint density at radius 2 is 2.13 bits per heavy atom. The first-order valence-corrected chi connectivity index (χ1v) is 4.44. The van der Waals surface area contributed by atoms with E-state index in [0.29, 0.717) is 11.0 Å². The quantitative estimate of drug-likeness (QED) is 0.544. The van der Waals surface area contributed by atoms with Gasteiger partial charge >= 0.3 is 0 Å². The number of nitrogens with one attached hydrogen (secondary N) is 1. The van der Waals surface area contributed by atoms with Gasteiger partial charge in [-0.1, -0.05) is 0 Å². The van der Waals surface area contributed by atoms with E-state index in [9.17, 15) is 4.79 Å². The molecule has 1 aromatic carbocycles. The molecule has 0 unspecified atom stereocenters. The van der Waals surface area contributed by atoms with E-state index in [1.54, 1.807) is 6.20 Å². The molecule has 0 aliphatic heterocycles. The molecule has 1 N–H and O–H groups in total. The molecular formula is C10H6N4O. The molecule has 0 aliphatic rings. The van der Waals surface area contributed by atoms with Crippen molar-refractivity contribution in [3.63, 3.8) is 0 Å². The summed E-state index contributed by atoms with van der Waals surface area (Å²) in [6.45, 7) is 0. The summed E-state index contributed by atoms with van der Waals surface area (Å²) < 4.78 is 0. The number of rotatable bonds is 0. The van der Waals surface area contributed by atoms with Gasteiger partial charge in [-0.3, -0.25) is 9.89 Å². The minimum atomic E-state index is -0.327. The van der Waals surface area contributed by atoms with Crippen LogP contribution in [0.1, 0.15) is 0 Å². The zero-order valence-corrected chi connectivity index (χ0v) is 7.64. The van der Waals surface area contributed by atoms with Gasteiger partial charge in [0, 0.05) is 11.6 Å². The summed E-state index contributed by atoms with van der Waals surface area (Å²) in [4.78, 5) is 19.1. The van der Waals surface area contributed by atoms with E-state index >= 15 is 0 Å². The highest BCUT2D eigenvalue weighted by Gasteiger charge is 2.02. The van der Waals surface area contributed by atoms with E-state index in [4.69, 9.17) is 0 Å². The van der Waals surface area contributed by atoms with Crippen LogP contribution < -0.4 is 5.56 Å². The van der Waals surface area contributed by atoms with Crippen molar-refractivity contribution >= 4 is 21.9 Å². The van der Waals surface area contributed by atoms with Gasteiger partial charge in [0.1, 0.15) is 5.52 Å². The van der Waals surface area contributed by atoms with Crippen LogP contribution in [0.4, 0.5) is 0 Å². The number of fused-ring (bicyclic) bond motifs is 3. The number of nitrogens with zero attached hydrogens (tertiary/aromatic N) is 3. The van der Waals surface area contributed by atoms with Crippen LogP contribution in [0.25, 0.3) is 21.9 Å². The summed E-state index contributed by atoms with van der Waals surface area (Å²) in [5, 5.41) is 7.59. The number of aromatic nitrogens is 4. The van der Waals surface area contributed by atoms with E-state index in [1.807, 2.05) is 18.2 Å². The van der Waals surface area contributed by atoms with Crippen molar-refractivity contribution < 1.29 is 0 Å². The summed E-state index contributed by atoms with van der Waals surface area (Å²) in [5.41, 5.74) is 1.83. The summed E-state index contributed by atoms with van der Waals surface area (Å²) in [6, 6.07) is 5.48. The topological polar surface area (TPSA) is 71.5 Å². The smallest absolute Gasteiger partial charge is 0.278 e. The number of hydrogen-bond acceptors (Lipinski definition) is 4. The molecule has 5 nitrogen and oxygen atoms in total. The van der Waals surface area contributed by atoms with Crippen molar-refractivity contribution in [3.8, 4) is 0 Å². The van der Waals surface area contributed by atoms with Crippen LogP contribution in [-0.2, 0) is 0 Å². The molecule has 3 aromatic rings. The van der Waals surface area contributed by atoms with Crippen molar-refractivity contribution in [1.82, 2.24) is 20.2 Å². The van der Waals surface area contributed by atoms with Gasteiger partial charge in [0.15, 0.2) is 0 Å². The van der Waals surface area contributed by atoms with Gasteiger partial charge in [-0.25, -0.2) is 9.97 Å². The van der Waals surface area contributed by atoms with Gasteiger partial charge in [-0.2, -0.15) is 5.10 Å². The Kier molecular flexibility index (Phi) is 1.53. The molecule has 0 amide bonds. The first-order chi connectivity index (χ1) is 7.34. The molecule has 0 saturated carbocycles. The lowest BCUT2D eigenvalue weighted by Crippen LogP contribution is -2.05. The molecule has 2 aromatic heterocycles. The fourth-order valence-corrected chi connectivity index (χ4v) is 1.57. The molecule has 0 saturated heterocycles. The van der Waals surface area contributed by atoms with Crippen LogP contribution in [0.3, 0.4) is 0 Å². The molecule has 72 valence electrons. The number of H-pyrrole nitrogens is 1. The third kappa shape index (κ3) is 1.17. The Morgan fingerprint density at radius 1 is 1.20 bits per heavy atom. The predicted molar refractivity (Wildman–Crippen MR) is 55.5 cm³/mol. The van der Waals surface area contributed by atoms with Crippen LogP contribution in [0.5, 0.6) is 0 Å². The zero-order valence-electron chi connectivity index (χ0n) is 7.64. The summed E-state index contributed by atoms with van der Waals surface area (Å²) in [6.07, 6.45) is 2.85. The minimum absolute atomic E-state index is 0.327. The molecule has 0 atom stereocenters. The van der Waals surface area contributed by atoms with E-state index in [2.05, 4.69) is 20.2 Å². The van der Waals surface area contributed by atoms with Gasteiger partial charge in [0.05, 0.1) is 17.2 Å². The number of benzene rings is 1. The lowest BCUT2D eigenvalue weighted by molar-refractivity contribution is 1.08. The molecule has 5 heteroatoms. The van der Waals surface area contributed by atoms with E-state index in [0.717, 1.165) is 10.9 Å². The maximum atomic E-state index is 11.1. The largest absolute Gasteiger partial charge is 0.288 e. The van der Waals surface area contributed by atoms with Gasteiger partial charge in [-0.15, -0.1) is 0 Å². The second kappa shape index (κ2) is 2.84. The third-order valence-electron chi connectivity index (χ3n) is 2.23. The Bertz CT molecular complexity index is 704. The third-order valence-corrected chi connectivity index (χ3v) is 2.23. The Balaban J connectivity index is 2.63. The van der Waals surface area contributed by atoms with Crippen LogP contribution in [0.15, 0.2) is 35.4 Å². The van der Waals surface area contributed by atoms with Crippen molar-refractivity contribution in [2.24, 2.45) is 0 Å². The van der Waals surface area contributed by atoms with Gasteiger partial charge in [0.25, 0.3) is 5.56 Å². The second-order valence-corrected chi connectivity index (χ2v) is 3.16. The molecule has 0 bridgehead atoms. The average molecular weight is 198 g/mol. The SMILES string of the molecule is O=c1cnc2ccc3[nH]nccc3c2n1. The molecule has 2 heterocycles. The van der Waals surface area contributed by atoms with Crippen LogP contribution in [0, 0.1) is 0 Å². The second-order valence-electron chi connectivity index (χ2n) is 3.16. The number of aromatic amines is 1. The predicted octanol–water partition coefficient (Wildman–Crippen LogP) is 0.866. The van der Waals surface area contributed by atoms with E-state index in [-0.39, 0.29) is 5.56 Å². The van der Waals surface area contributed by atoms with E-state index in [1.165, 1.54) is 6.20 Å².